The summed E-state index contributed by atoms with van der Waals surface area (Å²) in [6.45, 7) is 1.49. The molecule has 30 heavy (non-hydrogen) atoms. The van der Waals surface area contributed by atoms with Gasteiger partial charge in [-0.1, -0.05) is 42.5 Å². The van der Waals surface area contributed by atoms with Crippen molar-refractivity contribution in [2.45, 2.75) is 19.7 Å². The van der Waals surface area contributed by atoms with Crippen LogP contribution >= 0.6 is 0 Å². The fourth-order valence-corrected chi connectivity index (χ4v) is 3.03. The second kappa shape index (κ2) is 10.4. The fourth-order valence-electron chi connectivity index (χ4n) is 3.03. The number of rotatable bonds is 8. The molecule has 2 amide bonds. The van der Waals surface area contributed by atoms with Crippen LogP contribution in [0.2, 0.25) is 0 Å². The highest BCUT2D eigenvalue weighted by Crippen LogP contribution is 2.19. The molecule has 3 rings (SSSR count). The molecule has 5 nitrogen and oxygen atoms in total. The summed E-state index contributed by atoms with van der Waals surface area (Å²) in [4.78, 5) is 14.4. The minimum Gasteiger partial charge on any atom is -0.489 e. The zero-order chi connectivity index (χ0) is 21.3. The van der Waals surface area contributed by atoms with Crippen molar-refractivity contribution < 1.29 is 13.9 Å². The Morgan fingerprint density at radius 3 is 2.50 bits per heavy atom. The third kappa shape index (κ3) is 6.60. The third-order valence-electron chi connectivity index (χ3n) is 4.43. The van der Waals surface area contributed by atoms with Gasteiger partial charge in [-0.25, -0.2) is 9.18 Å². The van der Waals surface area contributed by atoms with Crippen LogP contribution in [0.4, 0.5) is 14.9 Å². The number of nitrogens with one attached hydrogen (secondary N) is 2. The Labute approximate surface area is 176 Å². The number of ether oxygens (including phenoxy) is 1. The van der Waals surface area contributed by atoms with Crippen molar-refractivity contribution in [2.75, 3.05) is 19.4 Å². The summed E-state index contributed by atoms with van der Waals surface area (Å²) in [5.74, 6) is 0.295. The van der Waals surface area contributed by atoms with Crippen molar-refractivity contribution in [3.8, 4) is 5.75 Å². The van der Waals surface area contributed by atoms with Crippen LogP contribution in [0.25, 0.3) is 0 Å². The van der Waals surface area contributed by atoms with Crippen LogP contribution in [-0.2, 0) is 19.7 Å². The van der Waals surface area contributed by atoms with Crippen LogP contribution in [0.3, 0.4) is 0 Å². The zero-order valence-electron chi connectivity index (χ0n) is 17.2. The van der Waals surface area contributed by atoms with Gasteiger partial charge in [0.05, 0.1) is 0 Å². The second-order valence-electron chi connectivity index (χ2n) is 7.26. The topological polar surface area (TPSA) is 53.6 Å². The van der Waals surface area contributed by atoms with Crippen molar-refractivity contribution in [1.82, 2.24) is 10.2 Å². The summed E-state index contributed by atoms with van der Waals surface area (Å²) >= 11 is 0. The number of halogens is 1. The number of benzene rings is 3. The van der Waals surface area contributed by atoms with Crippen molar-refractivity contribution in [3.05, 3.63) is 95.3 Å². The molecule has 0 radical (unpaired) electrons. The summed E-state index contributed by atoms with van der Waals surface area (Å²) in [6.07, 6.45) is 0. The molecule has 0 spiro atoms. The lowest BCUT2D eigenvalue weighted by Crippen LogP contribution is -2.28. The number of hydrogen-bond donors (Lipinski definition) is 2. The van der Waals surface area contributed by atoms with Crippen LogP contribution < -0.4 is 15.4 Å². The average Bonchev–Trinajstić information content (AvgIpc) is 2.72. The van der Waals surface area contributed by atoms with E-state index in [0.29, 0.717) is 18.0 Å². The van der Waals surface area contributed by atoms with Crippen LogP contribution in [0, 0.1) is 5.82 Å². The molecule has 3 aromatic rings. The highest BCUT2D eigenvalue weighted by molar-refractivity contribution is 5.89. The molecule has 0 bridgehead atoms. The van der Waals surface area contributed by atoms with Gasteiger partial charge < -0.3 is 20.3 Å². The molecule has 0 unspecified atom stereocenters. The molecule has 6 heteroatoms. The van der Waals surface area contributed by atoms with E-state index in [0.717, 1.165) is 17.7 Å². The first kappa shape index (κ1) is 21.3. The molecule has 0 aromatic heterocycles. The number of nitrogens with zero attached hydrogens (tertiary/aromatic N) is 1. The van der Waals surface area contributed by atoms with Crippen LogP contribution in [0.5, 0.6) is 5.75 Å². The maximum atomic E-state index is 13.3. The standard InChI is InChI=1S/C24H26FN3O2/c1-28(2)16-20-9-4-3-8-19(20)15-26-24(29)27-22-11-6-12-23(14-22)30-17-18-7-5-10-21(25)13-18/h3-14H,15-17H2,1-2H3,(H2,26,27,29). The number of anilines is 1. The number of carbonyl (C=O) groups is 1. The Balaban J connectivity index is 1.54. The SMILES string of the molecule is CN(C)Cc1ccccc1CNC(=O)Nc1cccc(OCc2cccc(F)c2)c1. The van der Waals surface area contributed by atoms with Crippen LogP contribution in [0.1, 0.15) is 16.7 Å². The summed E-state index contributed by atoms with van der Waals surface area (Å²) in [6, 6.07) is 21.1. The number of amides is 2. The first-order valence-corrected chi connectivity index (χ1v) is 9.73. The number of urea groups is 1. The van der Waals surface area contributed by atoms with Gasteiger partial charge in [0, 0.05) is 24.8 Å². The molecule has 3 aromatic carbocycles. The second-order valence-corrected chi connectivity index (χ2v) is 7.26. The van der Waals surface area contributed by atoms with Gasteiger partial charge >= 0.3 is 6.03 Å². The maximum Gasteiger partial charge on any atom is 0.319 e. The lowest BCUT2D eigenvalue weighted by atomic mass is 10.1. The lowest BCUT2D eigenvalue weighted by Gasteiger charge is -2.15. The molecular formula is C24H26FN3O2. The number of hydrogen-bond acceptors (Lipinski definition) is 3. The van der Waals surface area contributed by atoms with Gasteiger partial charge in [-0.2, -0.15) is 0 Å². The average molecular weight is 407 g/mol. The van der Waals surface area contributed by atoms with E-state index >= 15 is 0 Å². The van der Waals surface area contributed by atoms with E-state index in [1.807, 2.05) is 32.3 Å². The minimum absolute atomic E-state index is 0.246. The van der Waals surface area contributed by atoms with Gasteiger partial charge in [-0.3, -0.25) is 0 Å². The first-order chi connectivity index (χ1) is 14.5. The smallest absolute Gasteiger partial charge is 0.319 e. The van der Waals surface area contributed by atoms with E-state index in [9.17, 15) is 9.18 Å². The molecular weight excluding hydrogens is 381 g/mol. The van der Waals surface area contributed by atoms with E-state index in [1.165, 1.54) is 17.7 Å². The molecule has 2 N–H and O–H groups in total. The fraction of sp³-hybridized carbons (Fsp3) is 0.208. The third-order valence-corrected chi connectivity index (χ3v) is 4.43. The Morgan fingerprint density at radius 1 is 0.967 bits per heavy atom. The van der Waals surface area contributed by atoms with E-state index in [4.69, 9.17) is 4.74 Å². The minimum atomic E-state index is -0.296. The van der Waals surface area contributed by atoms with Gasteiger partial charge in [0.1, 0.15) is 18.2 Å². The quantitative estimate of drug-likeness (QED) is 0.565. The van der Waals surface area contributed by atoms with E-state index in [1.54, 1.807) is 36.4 Å². The highest BCUT2D eigenvalue weighted by Gasteiger charge is 2.07. The van der Waals surface area contributed by atoms with E-state index in [2.05, 4.69) is 21.6 Å². The van der Waals surface area contributed by atoms with E-state index in [-0.39, 0.29) is 18.5 Å². The predicted octanol–water partition coefficient (Wildman–Crippen LogP) is 4.79. The van der Waals surface area contributed by atoms with Crippen LogP contribution in [0.15, 0.2) is 72.8 Å². The summed E-state index contributed by atoms with van der Waals surface area (Å²) in [5.41, 5.74) is 3.61. The number of carbonyl (C=O) groups excluding carboxylic acids is 1. The van der Waals surface area contributed by atoms with Crippen LogP contribution in [-0.4, -0.2) is 25.0 Å². The molecule has 0 fully saturated rings. The normalized spacial score (nSPS) is 10.7. The Bertz CT molecular complexity index is 991. The molecule has 0 aliphatic heterocycles. The van der Waals surface area contributed by atoms with Crippen molar-refractivity contribution in [2.24, 2.45) is 0 Å². The van der Waals surface area contributed by atoms with E-state index < -0.39 is 0 Å². The predicted molar refractivity (Wildman–Crippen MR) is 117 cm³/mol. The molecule has 0 heterocycles. The lowest BCUT2D eigenvalue weighted by molar-refractivity contribution is 0.251. The summed E-state index contributed by atoms with van der Waals surface area (Å²) in [5, 5.41) is 5.71. The van der Waals surface area contributed by atoms with Gasteiger partial charge in [0.25, 0.3) is 0 Å². The van der Waals surface area contributed by atoms with Gasteiger partial charge in [-0.15, -0.1) is 0 Å². The molecule has 0 saturated heterocycles. The monoisotopic (exact) mass is 407 g/mol. The van der Waals surface area contributed by atoms with Gasteiger partial charge in [-0.05, 0) is 55.1 Å². The molecule has 0 saturated carbocycles. The highest BCUT2D eigenvalue weighted by atomic mass is 19.1. The molecule has 0 aliphatic carbocycles. The largest absolute Gasteiger partial charge is 0.489 e. The van der Waals surface area contributed by atoms with Crippen molar-refractivity contribution >= 4 is 11.7 Å². The summed E-state index contributed by atoms with van der Waals surface area (Å²) in [7, 11) is 4.03. The van der Waals surface area contributed by atoms with Crippen molar-refractivity contribution in [1.29, 1.82) is 0 Å². The van der Waals surface area contributed by atoms with Gasteiger partial charge in [0.2, 0.25) is 0 Å². The van der Waals surface area contributed by atoms with Gasteiger partial charge in [0.15, 0.2) is 0 Å². The molecule has 0 atom stereocenters. The molecule has 156 valence electrons. The Hall–Kier alpha value is -3.38. The Kier molecular flexibility index (Phi) is 7.40. The van der Waals surface area contributed by atoms with Crippen molar-refractivity contribution in [3.63, 3.8) is 0 Å². The Morgan fingerprint density at radius 2 is 1.73 bits per heavy atom. The first-order valence-electron chi connectivity index (χ1n) is 9.73. The summed E-state index contributed by atoms with van der Waals surface area (Å²) < 4.78 is 19.0. The molecule has 0 aliphatic rings. The zero-order valence-corrected chi connectivity index (χ0v) is 17.2. The maximum absolute atomic E-state index is 13.3.